The fourth-order valence-electron chi connectivity index (χ4n) is 1.81. The normalized spacial score (nSPS) is 11.9. The highest BCUT2D eigenvalue weighted by Crippen LogP contribution is 2.22. The molecule has 0 aliphatic heterocycles. The number of hydrogen-bond acceptors (Lipinski definition) is 4. The maximum atomic E-state index is 12.0. The quantitative estimate of drug-likeness (QED) is 0.811. The van der Waals surface area contributed by atoms with Crippen LogP contribution in [0.5, 0.6) is 0 Å². The highest BCUT2D eigenvalue weighted by molar-refractivity contribution is 7.16. The van der Waals surface area contributed by atoms with Crippen molar-refractivity contribution in [3.05, 3.63) is 21.3 Å². The van der Waals surface area contributed by atoms with Gasteiger partial charge < -0.3 is 15.4 Å². The first kappa shape index (κ1) is 19.8. The highest BCUT2D eigenvalue weighted by Gasteiger charge is 2.23. The van der Waals surface area contributed by atoms with E-state index in [1.807, 2.05) is 26.0 Å². The van der Waals surface area contributed by atoms with Crippen LogP contribution >= 0.6 is 22.9 Å². The summed E-state index contributed by atoms with van der Waals surface area (Å²) >= 11 is 7.34. The molecule has 0 aliphatic rings. The van der Waals surface area contributed by atoms with E-state index in [2.05, 4.69) is 10.6 Å². The van der Waals surface area contributed by atoms with Crippen LogP contribution in [0.4, 0.5) is 4.79 Å². The number of nitrogens with one attached hydrogen (secondary N) is 2. The zero-order valence-electron chi connectivity index (χ0n) is 14.3. The molecule has 5 nitrogen and oxygen atoms in total. The summed E-state index contributed by atoms with van der Waals surface area (Å²) in [7, 11) is 0. The van der Waals surface area contributed by atoms with Crippen molar-refractivity contribution in [3.63, 3.8) is 0 Å². The molecule has 0 spiro atoms. The first-order valence-corrected chi connectivity index (χ1v) is 8.68. The van der Waals surface area contributed by atoms with E-state index in [0.717, 1.165) is 9.21 Å². The summed E-state index contributed by atoms with van der Waals surface area (Å²) in [5.74, 6) is -0.0643. The molecule has 0 radical (unpaired) electrons. The molecule has 23 heavy (non-hydrogen) atoms. The Morgan fingerprint density at radius 1 is 1.22 bits per heavy atom. The lowest BCUT2D eigenvalue weighted by Gasteiger charge is -2.27. The van der Waals surface area contributed by atoms with Crippen LogP contribution in [-0.4, -0.2) is 29.7 Å². The molecular weight excluding hydrogens is 336 g/mol. The monoisotopic (exact) mass is 360 g/mol. The van der Waals surface area contributed by atoms with Crippen LogP contribution in [0, 0.1) is 0 Å². The van der Waals surface area contributed by atoms with Crippen molar-refractivity contribution in [2.45, 2.75) is 58.6 Å². The number of thiophene rings is 1. The fourth-order valence-corrected chi connectivity index (χ4v) is 2.90. The Balaban J connectivity index is 2.35. The van der Waals surface area contributed by atoms with Crippen molar-refractivity contribution in [1.82, 2.24) is 10.6 Å². The third-order valence-corrected chi connectivity index (χ3v) is 4.07. The topological polar surface area (TPSA) is 67.4 Å². The van der Waals surface area contributed by atoms with Crippen LogP contribution in [0.3, 0.4) is 0 Å². The second kappa shape index (κ2) is 8.02. The minimum absolute atomic E-state index is 0.0643. The van der Waals surface area contributed by atoms with Crippen LogP contribution in [0.1, 0.15) is 45.9 Å². The maximum absolute atomic E-state index is 12.0. The molecule has 1 rings (SSSR count). The van der Waals surface area contributed by atoms with Gasteiger partial charge in [0.05, 0.1) is 9.88 Å². The molecule has 0 fully saturated rings. The van der Waals surface area contributed by atoms with E-state index < -0.39 is 17.2 Å². The number of aryl methyl sites for hydroxylation is 1. The van der Waals surface area contributed by atoms with Gasteiger partial charge in [-0.1, -0.05) is 11.6 Å². The zero-order valence-corrected chi connectivity index (χ0v) is 15.9. The predicted molar refractivity (Wildman–Crippen MR) is 94.1 cm³/mol. The summed E-state index contributed by atoms with van der Waals surface area (Å²) in [4.78, 5) is 24.8. The van der Waals surface area contributed by atoms with Crippen molar-refractivity contribution in [2.24, 2.45) is 0 Å². The Bertz CT molecular complexity index is 550. The molecule has 0 unspecified atom stereocenters. The summed E-state index contributed by atoms with van der Waals surface area (Å²) < 4.78 is 5.90. The summed E-state index contributed by atoms with van der Waals surface area (Å²) in [5, 5.41) is 5.58. The number of hydrogen-bond donors (Lipinski definition) is 2. The number of carbonyl (C=O) groups is 2. The van der Waals surface area contributed by atoms with Gasteiger partial charge in [-0.25, -0.2) is 4.79 Å². The molecular formula is C16H25ClN2O3S. The van der Waals surface area contributed by atoms with Crippen LogP contribution in [0.15, 0.2) is 12.1 Å². The van der Waals surface area contributed by atoms with E-state index in [1.165, 1.54) is 11.3 Å². The van der Waals surface area contributed by atoms with Crippen molar-refractivity contribution >= 4 is 34.9 Å². The second-order valence-electron chi connectivity index (χ2n) is 6.99. The summed E-state index contributed by atoms with van der Waals surface area (Å²) in [6.45, 7) is 9.40. The number of carbonyl (C=O) groups excluding carboxylic acids is 2. The standard InChI is InChI=1S/C16H25ClN2O3S/c1-15(2,3)22-14(21)18-10-16(4,5)19-13(20)9-7-11-6-8-12(17)23-11/h6,8H,7,9-10H2,1-5H3,(H,18,21)(H,19,20). The molecule has 0 aliphatic carbocycles. The molecule has 2 N–H and O–H groups in total. The number of amides is 2. The van der Waals surface area contributed by atoms with E-state index >= 15 is 0 Å². The lowest BCUT2D eigenvalue weighted by atomic mass is 10.1. The summed E-state index contributed by atoms with van der Waals surface area (Å²) in [5.41, 5.74) is -1.10. The lowest BCUT2D eigenvalue weighted by Crippen LogP contribution is -2.52. The van der Waals surface area contributed by atoms with Gasteiger partial charge in [-0.3, -0.25) is 4.79 Å². The smallest absolute Gasteiger partial charge is 0.407 e. The van der Waals surface area contributed by atoms with Gasteiger partial charge >= 0.3 is 6.09 Å². The van der Waals surface area contributed by atoms with Gasteiger partial charge in [0.2, 0.25) is 5.91 Å². The Hall–Kier alpha value is -1.27. The summed E-state index contributed by atoms with van der Waals surface area (Å²) in [6.07, 6.45) is 0.541. The molecule has 2 amide bonds. The van der Waals surface area contributed by atoms with E-state index in [-0.39, 0.29) is 5.91 Å². The third-order valence-electron chi connectivity index (χ3n) is 2.78. The number of ether oxygens (including phenoxy) is 1. The molecule has 0 saturated heterocycles. The van der Waals surface area contributed by atoms with Crippen LogP contribution in [0.2, 0.25) is 4.34 Å². The average molecular weight is 361 g/mol. The lowest BCUT2D eigenvalue weighted by molar-refractivity contribution is -0.122. The van der Waals surface area contributed by atoms with E-state index in [1.54, 1.807) is 20.8 Å². The molecule has 0 bridgehead atoms. The van der Waals surface area contributed by atoms with E-state index in [9.17, 15) is 9.59 Å². The molecule has 1 aromatic rings. The molecule has 1 aromatic heterocycles. The van der Waals surface area contributed by atoms with E-state index in [0.29, 0.717) is 19.4 Å². The van der Waals surface area contributed by atoms with Crippen molar-refractivity contribution < 1.29 is 14.3 Å². The predicted octanol–water partition coefficient (Wildman–Crippen LogP) is 3.75. The van der Waals surface area contributed by atoms with Gasteiger partial charge in [0.1, 0.15) is 5.60 Å². The van der Waals surface area contributed by atoms with E-state index in [4.69, 9.17) is 16.3 Å². The molecule has 0 atom stereocenters. The van der Waals surface area contributed by atoms with Crippen LogP contribution in [0.25, 0.3) is 0 Å². The van der Waals surface area contributed by atoms with Crippen molar-refractivity contribution in [3.8, 4) is 0 Å². The molecule has 0 aromatic carbocycles. The zero-order chi connectivity index (χ0) is 17.7. The van der Waals surface area contributed by atoms with Gasteiger partial charge in [0.15, 0.2) is 0 Å². The average Bonchev–Trinajstić information content (AvgIpc) is 2.78. The maximum Gasteiger partial charge on any atom is 0.407 e. The van der Waals surface area contributed by atoms with Gasteiger partial charge in [-0.15, -0.1) is 11.3 Å². The molecule has 0 saturated carbocycles. The fraction of sp³-hybridized carbons (Fsp3) is 0.625. The van der Waals surface area contributed by atoms with Gasteiger partial charge in [0, 0.05) is 17.8 Å². The van der Waals surface area contributed by atoms with Crippen LogP contribution in [-0.2, 0) is 16.0 Å². The number of rotatable bonds is 6. The Kier molecular flexibility index (Phi) is 6.89. The number of alkyl carbamates (subject to hydrolysis) is 1. The van der Waals surface area contributed by atoms with Crippen LogP contribution < -0.4 is 10.6 Å². The number of halogens is 1. The summed E-state index contributed by atoms with van der Waals surface area (Å²) in [6, 6.07) is 3.75. The van der Waals surface area contributed by atoms with Crippen molar-refractivity contribution in [1.29, 1.82) is 0 Å². The van der Waals surface area contributed by atoms with Gasteiger partial charge in [0.25, 0.3) is 0 Å². The van der Waals surface area contributed by atoms with Crippen molar-refractivity contribution in [2.75, 3.05) is 6.54 Å². The molecule has 1 heterocycles. The SMILES string of the molecule is CC(C)(CNC(=O)OC(C)(C)C)NC(=O)CCc1ccc(Cl)s1. The minimum atomic E-state index is -0.554. The molecule has 130 valence electrons. The largest absolute Gasteiger partial charge is 0.444 e. The first-order chi connectivity index (χ1) is 10.5. The van der Waals surface area contributed by atoms with Gasteiger partial charge in [-0.05, 0) is 53.2 Å². The Morgan fingerprint density at radius 2 is 1.87 bits per heavy atom. The minimum Gasteiger partial charge on any atom is -0.444 e. The van der Waals surface area contributed by atoms with Gasteiger partial charge in [-0.2, -0.15) is 0 Å². The Labute approximate surface area is 146 Å². The third kappa shape index (κ3) is 8.81. The second-order valence-corrected chi connectivity index (χ2v) is 8.79. The molecule has 7 heteroatoms. The Morgan fingerprint density at radius 3 is 2.39 bits per heavy atom. The first-order valence-electron chi connectivity index (χ1n) is 7.49. The highest BCUT2D eigenvalue weighted by atomic mass is 35.5.